The summed E-state index contributed by atoms with van der Waals surface area (Å²) in [5.41, 5.74) is 7.61. The lowest BCUT2D eigenvalue weighted by Crippen LogP contribution is -2.35. The van der Waals surface area contributed by atoms with Crippen molar-refractivity contribution in [3.8, 4) is 16.9 Å². The maximum atomic E-state index is 5.95. The van der Waals surface area contributed by atoms with Gasteiger partial charge in [-0.2, -0.15) is 0 Å². The van der Waals surface area contributed by atoms with E-state index in [-0.39, 0.29) is 5.54 Å². The van der Waals surface area contributed by atoms with Crippen LogP contribution in [0.5, 0.6) is 5.75 Å². The third-order valence-corrected chi connectivity index (χ3v) is 4.70. The summed E-state index contributed by atoms with van der Waals surface area (Å²) in [6.45, 7) is 7.26. The van der Waals surface area contributed by atoms with Crippen LogP contribution in [-0.2, 0) is 6.61 Å². The van der Waals surface area contributed by atoms with Gasteiger partial charge in [0.05, 0.1) is 5.54 Å². The first kappa shape index (κ1) is 12.5. The number of hydrogen-bond donors (Lipinski definition) is 1. The lowest BCUT2D eigenvalue weighted by atomic mass is 9.84. The van der Waals surface area contributed by atoms with E-state index < -0.39 is 0 Å². The lowest BCUT2D eigenvalue weighted by molar-refractivity contribution is 0.302. The minimum Gasteiger partial charge on any atom is -0.488 e. The van der Waals surface area contributed by atoms with E-state index in [1.165, 1.54) is 33.5 Å². The van der Waals surface area contributed by atoms with Gasteiger partial charge in [0, 0.05) is 22.4 Å². The molecule has 0 saturated heterocycles. The molecule has 2 aliphatic heterocycles. The maximum Gasteiger partial charge on any atom is 0.127 e. The van der Waals surface area contributed by atoms with Gasteiger partial charge >= 0.3 is 0 Å². The van der Waals surface area contributed by atoms with Gasteiger partial charge in [0.2, 0.25) is 0 Å². The third-order valence-electron chi connectivity index (χ3n) is 4.70. The lowest BCUT2D eigenvalue weighted by Gasteiger charge is -2.35. The number of benzene rings is 2. The fourth-order valence-corrected chi connectivity index (χ4v) is 3.14. The van der Waals surface area contributed by atoms with Gasteiger partial charge in [0.1, 0.15) is 12.4 Å². The molecule has 0 amide bonds. The zero-order valence-corrected chi connectivity index (χ0v) is 12.7. The van der Waals surface area contributed by atoms with E-state index >= 15 is 0 Å². The fraction of sp³-hybridized carbons (Fsp3) is 0.263. The van der Waals surface area contributed by atoms with Gasteiger partial charge in [0.25, 0.3) is 0 Å². The van der Waals surface area contributed by atoms with Crippen LogP contribution in [0.4, 0.5) is 5.69 Å². The Bertz CT molecular complexity index is 771. The van der Waals surface area contributed by atoms with Gasteiger partial charge in [-0.25, -0.2) is 0 Å². The molecule has 2 heterocycles. The number of para-hydroxylation sites is 1. The van der Waals surface area contributed by atoms with E-state index in [2.05, 4.69) is 56.4 Å². The normalized spacial score (nSPS) is 17.6. The van der Waals surface area contributed by atoms with Gasteiger partial charge in [-0.05, 0) is 44.0 Å². The second-order valence-corrected chi connectivity index (χ2v) is 6.42. The average molecular weight is 277 g/mol. The molecule has 2 aliphatic rings. The van der Waals surface area contributed by atoms with E-state index in [0.29, 0.717) is 6.61 Å². The van der Waals surface area contributed by atoms with Crippen LogP contribution in [0.25, 0.3) is 17.2 Å². The summed E-state index contributed by atoms with van der Waals surface area (Å²) in [4.78, 5) is 0. The molecule has 0 spiro atoms. The largest absolute Gasteiger partial charge is 0.488 e. The van der Waals surface area contributed by atoms with Crippen LogP contribution in [0.3, 0.4) is 0 Å². The number of ether oxygens (including phenoxy) is 1. The van der Waals surface area contributed by atoms with Crippen molar-refractivity contribution < 1.29 is 4.74 Å². The van der Waals surface area contributed by atoms with Gasteiger partial charge in [0.15, 0.2) is 0 Å². The smallest absolute Gasteiger partial charge is 0.127 e. The zero-order chi connectivity index (χ0) is 14.6. The minimum absolute atomic E-state index is 0.00860. The second-order valence-electron chi connectivity index (χ2n) is 6.42. The molecule has 0 radical (unpaired) electrons. The first-order chi connectivity index (χ1) is 10.1. The Labute approximate surface area is 125 Å². The molecule has 2 aromatic rings. The molecule has 0 atom stereocenters. The van der Waals surface area contributed by atoms with Crippen LogP contribution < -0.4 is 10.1 Å². The third kappa shape index (κ3) is 1.79. The Balaban J connectivity index is 1.95. The number of hydrogen-bond acceptors (Lipinski definition) is 2. The molecule has 2 aromatic carbocycles. The van der Waals surface area contributed by atoms with Crippen LogP contribution in [-0.4, -0.2) is 5.54 Å². The van der Waals surface area contributed by atoms with Crippen molar-refractivity contribution in [3.05, 3.63) is 53.1 Å². The summed E-state index contributed by atoms with van der Waals surface area (Å²) in [6, 6.07) is 12.7. The quantitative estimate of drug-likeness (QED) is 0.743. The SMILES string of the molecule is CC1=Cc2c(ccc3c2COc2ccccc2-3)NC1(C)C. The predicted octanol–water partition coefficient (Wildman–Crippen LogP) is 4.85. The van der Waals surface area contributed by atoms with Crippen molar-refractivity contribution >= 4 is 11.8 Å². The van der Waals surface area contributed by atoms with E-state index in [1.807, 2.05) is 12.1 Å². The number of fused-ring (bicyclic) bond motifs is 5. The number of rotatable bonds is 0. The molecule has 106 valence electrons. The first-order valence-electron chi connectivity index (χ1n) is 7.41. The van der Waals surface area contributed by atoms with Crippen molar-refractivity contribution in [2.45, 2.75) is 32.9 Å². The molecule has 2 nitrogen and oxygen atoms in total. The highest BCUT2D eigenvalue weighted by Gasteiger charge is 2.28. The average Bonchev–Trinajstić information content (AvgIpc) is 2.47. The zero-order valence-electron chi connectivity index (χ0n) is 12.7. The highest BCUT2D eigenvalue weighted by atomic mass is 16.5. The molecule has 1 N–H and O–H groups in total. The predicted molar refractivity (Wildman–Crippen MR) is 87.6 cm³/mol. The standard InChI is InChI=1S/C19H19NO/c1-12-10-15-16-11-21-18-7-5-4-6-14(18)13(16)8-9-17(15)20-19(12,2)3/h4-10,20H,11H2,1-3H3. The highest BCUT2D eigenvalue weighted by Crippen LogP contribution is 2.43. The van der Waals surface area contributed by atoms with E-state index in [0.717, 1.165) is 5.75 Å². The van der Waals surface area contributed by atoms with Crippen LogP contribution in [0.15, 0.2) is 42.0 Å². The second kappa shape index (κ2) is 4.14. The van der Waals surface area contributed by atoms with Gasteiger partial charge in [-0.1, -0.05) is 30.3 Å². The molecule has 0 bridgehead atoms. The van der Waals surface area contributed by atoms with Crippen LogP contribution in [0.2, 0.25) is 0 Å². The Hall–Kier alpha value is -2.22. The Morgan fingerprint density at radius 3 is 2.71 bits per heavy atom. The molecule has 0 unspecified atom stereocenters. The Morgan fingerprint density at radius 1 is 1.05 bits per heavy atom. The van der Waals surface area contributed by atoms with Crippen molar-refractivity contribution in [1.29, 1.82) is 0 Å². The summed E-state index contributed by atoms with van der Waals surface area (Å²) in [5, 5.41) is 3.64. The summed E-state index contributed by atoms with van der Waals surface area (Å²) >= 11 is 0. The molecule has 21 heavy (non-hydrogen) atoms. The molecule has 0 aromatic heterocycles. The van der Waals surface area contributed by atoms with Gasteiger partial charge in [-0.3, -0.25) is 0 Å². The highest BCUT2D eigenvalue weighted by molar-refractivity contribution is 5.85. The Morgan fingerprint density at radius 2 is 1.86 bits per heavy atom. The molecule has 0 saturated carbocycles. The molecule has 0 fully saturated rings. The molecule has 0 aliphatic carbocycles. The van der Waals surface area contributed by atoms with Crippen molar-refractivity contribution in [2.24, 2.45) is 0 Å². The maximum absolute atomic E-state index is 5.95. The summed E-state index contributed by atoms with van der Waals surface area (Å²) in [5.74, 6) is 0.981. The summed E-state index contributed by atoms with van der Waals surface area (Å²) in [6.07, 6.45) is 2.31. The van der Waals surface area contributed by atoms with E-state index in [1.54, 1.807) is 0 Å². The molecular weight excluding hydrogens is 258 g/mol. The van der Waals surface area contributed by atoms with Crippen LogP contribution in [0, 0.1) is 0 Å². The minimum atomic E-state index is 0.00860. The van der Waals surface area contributed by atoms with Crippen molar-refractivity contribution in [1.82, 2.24) is 0 Å². The van der Waals surface area contributed by atoms with Gasteiger partial charge < -0.3 is 10.1 Å². The monoisotopic (exact) mass is 277 g/mol. The molecule has 4 rings (SSSR count). The van der Waals surface area contributed by atoms with Gasteiger partial charge in [-0.15, -0.1) is 0 Å². The first-order valence-corrected chi connectivity index (χ1v) is 7.41. The number of anilines is 1. The van der Waals surface area contributed by atoms with E-state index in [9.17, 15) is 0 Å². The summed E-state index contributed by atoms with van der Waals surface area (Å²) in [7, 11) is 0. The molecular formula is C19H19NO. The van der Waals surface area contributed by atoms with Crippen LogP contribution in [0.1, 0.15) is 31.9 Å². The van der Waals surface area contributed by atoms with E-state index in [4.69, 9.17) is 4.74 Å². The fourth-order valence-electron chi connectivity index (χ4n) is 3.14. The molecule has 2 heteroatoms. The number of nitrogens with one attached hydrogen (secondary N) is 1. The van der Waals surface area contributed by atoms with Crippen molar-refractivity contribution in [3.63, 3.8) is 0 Å². The van der Waals surface area contributed by atoms with Crippen molar-refractivity contribution in [2.75, 3.05) is 5.32 Å². The Kier molecular flexibility index (Phi) is 2.47. The summed E-state index contributed by atoms with van der Waals surface area (Å²) < 4.78 is 5.95. The van der Waals surface area contributed by atoms with Crippen LogP contribution >= 0.6 is 0 Å². The topological polar surface area (TPSA) is 21.3 Å².